The van der Waals surface area contributed by atoms with E-state index in [0.29, 0.717) is 38.9 Å². The van der Waals surface area contributed by atoms with Crippen LogP contribution in [0.25, 0.3) is 0 Å². The Kier molecular flexibility index (Phi) is 6.52. The van der Waals surface area contributed by atoms with Crippen molar-refractivity contribution in [2.45, 2.75) is 51.0 Å². The van der Waals surface area contributed by atoms with Crippen LogP contribution in [-0.2, 0) is 21.2 Å². The Bertz CT molecular complexity index is 737. The number of benzene rings is 1. The van der Waals surface area contributed by atoms with Gasteiger partial charge in [0.25, 0.3) is 0 Å². The lowest BCUT2D eigenvalue weighted by molar-refractivity contribution is -0.139. The van der Waals surface area contributed by atoms with Crippen molar-refractivity contribution in [1.82, 2.24) is 9.21 Å². The minimum atomic E-state index is -3.18. The van der Waals surface area contributed by atoms with E-state index in [1.165, 1.54) is 22.7 Å². The fourth-order valence-corrected chi connectivity index (χ4v) is 5.13. The van der Waals surface area contributed by atoms with Gasteiger partial charge in [-0.1, -0.05) is 25.0 Å². The summed E-state index contributed by atoms with van der Waals surface area (Å²) in [5, 5.41) is 0. The summed E-state index contributed by atoms with van der Waals surface area (Å²) in [6.45, 7) is 1.48. The van der Waals surface area contributed by atoms with Gasteiger partial charge in [-0.15, -0.1) is 0 Å². The molecule has 0 bridgehead atoms. The normalized spacial score (nSPS) is 20.1. The van der Waals surface area contributed by atoms with Gasteiger partial charge in [-0.05, 0) is 49.8 Å². The van der Waals surface area contributed by atoms with E-state index >= 15 is 0 Å². The molecule has 0 atom stereocenters. The minimum Gasteiger partial charge on any atom is -0.339 e. The summed E-state index contributed by atoms with van der Waals surface area (Å²) in [7, 11) is -3.18. The molecular weight excluding hydrogens is 367 g/mol. The van der Waals surface area contributed by atoms with Crippen molar-refractivity contribution in [1.29, 1.82) is 0 Å². The summed E-state index contributed by atoms with van der Waals surface area (Å²) in [4.78, 5) is 15.2. The van der Waals surface area contributed by atoms with E-state index in [1.807, 2.05) is 4.90 Å². The molecule has 2 aliphatic rings. The van der Waals surface area contributed by atoms with Crippen molar-refractivity contribution in [3.8, 4) is 0 Å². The van der Waals surface area contributed by atoms with Crippen LogP contribution in [0.15, 0.2) is 24.3 Å². The van der Waals surface area contributed by atoms with E-state index in [0.717, 1.165) is 31.2 Å². The van der Waals surface area contributed by atoms with Gasteiger partial charge < -0.3 is 4.90 Å². The first-order valence-electron chi connectivity index (χ1n) is 9.84. The van der Waals surface area contributed by atoms with Crippen molar-refractivity contribution >= 4 is 15.9 Å². The van der Waals surface area contributed by atoms with Crippen LogP contribution in [-0.4, -0.2) is 55.5 Å². The monoisotopic (exact) mass is 396 g/mol. The molecule has 0 spiro atoms. The average Bonchev–Trinajstić information content (AvgIpc) is 3.17. The number of halogens is 1. The molecule has 1 amide bonds. The van der Waals surface area contributed by atoms with Gasteiger partial charge in [0.1, 0.15) is 5.82 Å². The number of carbonyl (C=O) groups is 1. The molecule has 5 nitrogen and oxygen atoms in total. The summed E-state index contributed by atoms with van der Waals surface area (Å²) in [6.07, 6.45) is 7.49. The highest BCUT2D eigenvalue weighted by Gasteiger charge is 2.34. The molecule has 1 aromatic carbocycles. The Balaban J connectivity index is 1.64. The highest BCUT2D eigenvalue weighted by molar-refractivity contribution is 7.88. The summed E-state index contributed by atoms with van der Waals surface area (Å²) >= 11 is 0. The van der Waals surface area contributed by atoms with Crippen LogP contribution in [0.3, 0.4) is 0 Å². The Labute approximate surface area is 161 Å². The van der Waals surface area contributed by atoms with E-state index in [-0.39, 0.29) is 23.7 Å². The smallest absolute Gasteiger partial charge is 0.226 e. The number of hydrogen-bond donors (Lipinski definition) is 0. The molecule has 1 aliphatic carbocycles. The topological polar surface area (TPSA) is 57.7 Å². The van der Waals surface area contributed by atoms with E-state index in [1.54, 1.807) is 12.1 Å². The highest BCUT2D eigenvalue weighted by Crippen LogP contribution is 2.28. The molecule has 3 rings (SSSR count). The standard InChI is InChI=1S/C20H29FN2O3S/c1-27(25,26)22-13-11-17(12-14-22)20(24)23(19-4-2-3-5-19)15-10-16-6-8-18(21)9-7-16/h6-9,17,19H,2-5,10-15H2,1H3. The lowest BCUT2D eigenvalue weighted by Gasteiger charge is -2.36. The first-order chi connectivity index (χ1) is 12.8. The number of amides is 1. The molecule has 1 heterocycles. The van der Waals surface area contributed by atoms with Gasteiger partial charge in [0.15, 0.2) is 0 Å². The number of rotatable bonds is 6. The zero-order chi connectivity index (χ0) is 19.4. The zero-order valence-corrected chi connectivity index (χ0v) is 16.8. The third kappa shape index (κ3) is 5.29. The third-order valence-electron chi connectivity index (χ3n) is 5.88. The van der Waals surface area contributed by atoms with Crippen LogP contribution in [0.4, 0.5) is 4.39 Å². The molecule has 1 aliphatic heterocycles. The van der Waals surface area contributed by atoms with Gasteiger partial charge in [-0.3, -0.25) is 4.79 Å². The Morgan fingerprint density at radius 2 is 1.70 bits per heavy atom. The van der Waals surface area contributed by atoms with Gasteiger partial charge in [-0.25, -0.2) is 17.1 Å². The molecule has 1 aromatic rings. The molecule has 7 heteroatoms. The maximum Gasteiger partial charge on any atom is 0.226 e. The molecular formula is C20H29FN2O3S. The van der Waals surface area contributed by atoms with Crippen LogP contribution in [0.5, 0.6) is 0 Å². The molecule has 0 N–H and O–H groups in total. The molecule has 150 valence electrons. The molecule has 0 unspecified atom stereocenters. The lowest BCUT2D eigenvalue weighted by Crippen LogP contribution is -2.47. The van der Waals surface area contributed by atoms with Crippen molar-refractivity contribution < 1.29 is 17.6 Å². The van der Waals surface area contributed by atoms with Crippen LogP contribution in [0.1, 0.15) is 44.1 Å². The van der Waals surface area contributed by atoms with Gasteiger partial charge in [0, 0.05) is 31.6 Å². The summed E-state index contributed by atoms with van der Waals surface area (Å²) in [6, 6.07) is 6.75. The quantitative estimate of drug-likeness (QED) is 0.743. The lowest BCUT2D eigenvalue weighted by atomic mass is 9.95. The molecule has 1 saturated carbocycles. The summed E-state index contributed by atoms with van der Waals surface area (Å²) < 4.78 is 38.0. The van der Waals surface area contributed by atoms with Gasteiger partial charge in [0.05, 0.1) is 6.26 Å². The Morgan fingerprint density at radius 1 is 1.11 bits per heavy atom. The van der Waals surface area contributed by atoms with Crippen LogP contribution in [0.2, 0.25) is 0 Å². The number of hydrogen-bond acceptors (Lipinski definition) is 3. The van der Waals surface area contributed by atoms with Crippen molar-refractivity contribution in [3.05, 3.63) is 35.6 Å². The fraction of sp³-hybridized carbons (Fsp3) is 0.650. The van der Waals surface area contributed by atoms with Gasteiger partial charge >= 0.3 is 0 Å². The summed E-state index contributed by atoms with van der Waals surface area (Å²) in [5.74, 6) is -0.186. The van der Waals surface area contributed by atoms with E-state index in [4.69, 9.17) is 0 Å². The maximum atomic E-state index is 13.2. The largest absolute Gasteiger partial charge is 0.339 e. The van der Waals surface area contributed by atoms with Gasteiger partial charge in [-0.2, -0.15) is 0 Å². The molecule has 0 aromatic heterocycles. The van der Waals surface area contributed by atoms with Crippen molar-refractivity contribution in [2.75, 3.05) is 25.9 Å². The molecule has 1 saturated heterocycles. The Morgan fingerprint density at radius 3 is 2.26 bits per heavy atom. The van der Waals surface area contributed by atoms with Crippen LogP contribution >= 0.6 is 0 Å². The molecule has 2 fully saturated rings. The SMILES string of the molecule is CS(=O)(=O)N1CCC(C(=O)N(CCc2ccc(F)cc2)C2CCCC2)CC1. The highest BCUT2D eigenvalue weighted by atomic mass is 32.2. The number of carbonyl (C=O) groups excluding carboxylic acids is 1. The second-order valence-electron chi connectivity index (χ2n) is 7.78. The number of nitrogens with zero attached hydrogens (tertiary/aromatic N) is 2. The fourth-order valence-electron chi connectivity index (χ4n) is 4.26. The number of sulfonamides is 1. The minimum absolute atomic E-state index is 0.100. The van der Waals surface area contributed by atoms with Crippen molar-refractivity contribution in [2.24, 2.45) is 5.92 Å². The molecule has 27 heavy (non-hydrogen) atoms. The second kappa shape index (κ2) is 8.69. The first kappa shape index (κ1) is 20.3. The van der Waals surface area contributed by atoms with Crippen LogP contribution < -0.4 is 0 Å². The Hall–Kier alpha value is -1.47. The van der Waals surface area contributed by atoms with Crippen LogP contribution in [0, 0.1) is 11.7 Å². The third-order valence-corrected chi connectivity index (χ3v) is 7.18. The van der Waals surface area contributed by atoms with Crippen molar-refractivity contribution in [3.63, 3.8) is 0 Å². The predicted molar refractivity (Wildman–Crippen MR) is 103 cm³/mol. The number of piperidine rings is 1. The maximum absolute atomic E-state index is 13.2. The van der Waals surface area contributed by atoms with E-state index in [9.17, 15) is 17.6 Å². The molecule has 0 radical (unpaired) electrons. The van der Waals surface area contributed by atoms with Gasteiger partial charge in [0.2, 0.25) is 15.9 Å². The average molecular weight is 397 g/mol. The summed E-state index contributed by atoms with van der Waals surface area (Å²) in [5.41, 5.74) is 1.03. The predicted octanol–water partition coefficient (Wildman–Crippen LogP) is 2.81. The second-order valence-corrected chi connectivity index (χ2v) is 9.77. The van der Waals surface area contributed by atoms with E-state index < -0.39 is 10.0 Å². The zero-order valence-electron chi connectivity index (χ0n) is 15.9. The first-order valence-corrected chi connectivity index (χ1v) is 11.7. The van der Waals surface area contributed by atoms with E-state index in [2.05, 4.69) is 0 Å².